The zero-order chi connectivity index (χ0) is 10.8. The van der Waals surface area contributed by atoms with Crippen molar-refractivity contribution in [3.8, 4) is 11.8 Å². The van der Waals surface area contributed by atoms with E-state index in [1.165, 1.54) is 12.8 Å². The standard InChI is InChI=1S/C13H20O2/c1-2-3-4-5-6-8-11-14-13-10-7-9-12-15-13/h5-6,13H,2,7-12H2,1H3. The molecule has 84 valence electrons. The summed E-state index contributed by atoms with van der Waals surface area (Å²) in [6.45, 7) is 3.63. The fourth-order valence-corrected chi connectivity index (χ4v) is 1.41. The lowest BCUT2D eigenvalue weighted by molar-refractivity contribution is -0.161. The van der Waals surface area contributed by atoms with Crippen molar-refractivity contribution < 1.29 is 9.47 Å². The Morgan fingerprint density at radius 2 is 2.40 bits per heavy atom. The molecule has 1 aliphatic heterocycles. The minimum atomic E-state index is 0.0360. The van der Waals surface area contributed by atoms with Gasteiger partial charge in [0.2, 0.25) is 0 Å². The van der Waals surface area contributed by atoms with Gasteiger partial charge in [0.15, 0.2) is 6.29 Å². The lowest BCUT2D eigenvalue weighted by Gasteiger charge is -2.22. The SMILES string of the molecule is CCC#CC=CCCOC1CCCCO1. The van der Waals surface area contributed by atoms with Crippen LogP contribution in [0, 0.1) is 11.8 Å². The highest BCUT2D eigenvalue weighted by Crippen LogP contribution is 2.13. The maximum Gasteiger partial charge on any atom is 0.157 e. The second-order valence-electron chi connectivity index (χ2n) is 3.53. The van der Waals surface area contributed by atoms with Gasteiger partial charge in [-0.15, -0.1) is 0 Å². The quantitative estimate of drug-likeness (QED) is 0.522. The summed E-state index contributed by atoms with van der Waals surface area (Å²) in [6, 6.07) is 0. The number of hydrogen-bond acceptors (Lipinski definition) is 2. The second kappa shape index (κ2) is 8.52. The van der Waals surface area contributed by atoms with Crippen LogP contribution in [0.2, 0.25) is 0 Å². The Labute approximate surface area is 92.6 Å². The molecule has 1 heterocycles. The van der Waals surface area contributed by atoms with E-state index in [2.05, 4.69) is 11.8 Å². The average molecular weight is 208 g/mol. The van der Waals surface area contributed by atoms with E-state index in [1.807, 2.05) is 19.1 Å². The molecule has 2 heteroatoms. The molecule has 0 amide bonds. The lowest BCUT2D eigenvalue weighted by atomic mass is 10.2. The summed E-state index contributed by atoms with van der Waals surface area (Å²) < 4.78 is 11.0. The van der Waals surface area contributed by atoms with Crippen LogP contribution in [0.4, 0.5) is 0 Å². The molecule has 0 saturated carbocycles. The minimum Gasteiger partial charge on any atom is -0.353 e. The maximum absolute atomic E-state index is 5.57. The third kappa shape index (κ3) is 6.33. The van der Waals surface area contributed by atoms with Crippen LogP contribution in [0.1, 0.15) is 39.0 Å². The first-order chi connectivity index (χ1) is 7.43. The third-order valence-corrected chi connectivity index (χ3v) is 2.21. The molecule has 0 bridgehead atoms. The van der Waals surface area contributed by atoms with Gasteiger partial charge in [-0.25, -0.2) is 0 Å². The highest BCUT2D eigenvalue weighted by Gasteiger charge is 2.12. The van der Waals surface area contributed by atoms with Crippen molar-refractivity contribution in [1.29, 1.82) is 0 Å². The third-order valence-electron chi connectivity index (χ3n) is 2.21. The number of ether oxygens (including phenoxy) is 2. The van der Waals surface area contributed by atoms with Crippen LogP contribution in [-0.2, 0) is 9.47 Å². The highest BCUT2D eigenvalue weighted by atomic mass is 16.7. The molecule has 0 radical (unpaired) electrons. The van der Waals surface area contributed by atoms with Gasteiger partial charge >= 0.3 is 0 Å². The fraction of sp³-hybridized carbons (Fsp3) is 0.692. The molecule has 0 spiro atoms. The van der Waals surface area contributed by atoms with Crippen molar-refractivity contribution in [3.05, 3.63) is 12.2 Å². The Morgan fingerprint density at radius 1 is 1.47 bits per heavy atom. The molecule has 1 unspecified atom stereocenters. The van der Waals surface area contributed by atoms with Crippen molar-refractivity contribution in [1.82, 2.24) is 0 Å². The van der Waals surface area contributed by atoms with Crippen LogP contribution in [0.3, 0.4) is 0 Å². The molecule has 2 nitrogen and oxygen atoms in total. The lowest BCUT2D eigenvalue weighted by Crippen LogP contribution is -2.22. The first-order valence-electron chi connectivity index (χ1n) is 5.80. The topological polar surface area (TPSA) is 18.5 Å². The van der Waals surface area contributed by atoms with Gasteiger partial charge in [0.25, 0.3) is 0 Å². The smallest absolute Gasteiger partial charge is 0.157 e. The highest BCUT2D eigenvalue weighted by molar-refractivity contribution is 5.14. The fourth-order valence-electron chi connectivity index (χ4n) is 1.41. The Hall–Kier alpha value is -0.780. The van der Waals surface area contributed by atoms with Gasteiger partial charge in [-0.05, 0) is 31.8 Å². The van der Waals surface area contributed by atoms with E-state index < -0.39 is 0 Å². The van der Waals surface area contributed by atoms with E-state index >= 15 is 0 Å². The molecule has 0 aliphatic carbocycles. The van der Waals surface area contributed by atoms with Gasteiger partial charge < -0.3 is 9.47 Å². The summed E-state index contributed by atoms with van der Waals surface area (Å²) in [6.07, 6.45) is 9.25. The molecule has 1 atom stereocenters. The van der Waals surface area contributed by atoms with Crippen LogP contribution in [-0.4, -0.2) is 19.5 Å². The van der Waals surface area contributed by atoms with Gasteiger partial charge in [0, 0.05) is 13.0 Å². The van der Waals surface area contributed by atoms with E-state index in [4.69, 9.17) is 9.47 Å². The number of rotatable bonds is 4. The molecular weight excluding hydrogens is 188 g/mol. The summed E-state index contributed by atoms with van der Waals surface area (Å²) in [7, 11) is 0. The number of allylic oxidation sites excluding steroid dienone is 1. The van der Waals surface area contributed by atoms with Crippen molar-refractivity contribution >= 4 is 0 Å². The molecule has 15 heavy (non-hydrogen) atoms. The summed E-state index contributed by atoms with van der Waals surface area (Å²) in [5.41, 5.74) is 0. The Balaban J connectivity index is 1.98. The van der Waals surface area contributed by atoms with Crippen LogP contribution in [0.5, 0.6) is 0 Å². The van der Waals surface area contributed by atoms with Crippen LogP contribution in [0.25, 0.3) is 0 Å². The first-order valence-corrected chi connectivity index (χ1v) is 5.80. The van der Waals surface area contributed by atoms with Crippen molar-refractivity contribution in [3.63, 3.8) is 0 Å². The monoisotopic (exact) mass is 208 g/mol. The van der Waals surface area contributed by atoms with Crippen LogP contribution in [0.15, 0.2) is 12.2 Å². The molecule has 0 aromatic carbocycles. The zero-order valence-corrected chi connectivity index (χ0v) is 9.50. The summed E-state index contributed by atoms with van der Waals surface area (Å²) in [5.74, 6) is 5.94. The van der Waals surface area contributed by atoms with Gasteiger partial charge in [-0.1, -0.05) is 24.8 Å². The molecule has 1 aliphatic rings. The molecule has 1 fully saturated rings. The zero-order valence-electron chi connectivity index (χ0n) is 9.50. The van der Waals surface area contributed by atoms with Crippen LogP contribution >= 0.6 is 0 Å². The molecule has 1 saturated heterocycles. The summed E-state index contributed by atoms with van der Waals surface area (Å²) >= 11 is 0. The summed E-state index contributed by atoms with van der Waals surface area (Å²) in [5, 5.41) is 0. The average Bonchev–Trinajstić information content (AvgIpc) is 2.29. The van der Waals surface area contributed by atoms with Gasteiger partial charge in [-0.2, -0.15) is 0 Å². The normalized spacial score (nSPS) is 21.3. The summed E-state index contributed by atoms with van der Waals surface area (Å²) in [4.78, 5) is 0. The van der Waals surface area contributed by atoms with E-state index in [9.17, 15) is 0 Å². The van der Waals surface area contributed by atoms with Gasteiger partial charge in [0.1, 0.15) is 0 Å². The molecule has 0 N–H and O–H groups in total. The number of hydrogen-bond donors (Lipinski definition) is 0. The Kier molecular flexibility index (Phi) is 6.98. The minimum absolute atomic E-state index is 0.0360. The first kappa shape index (κ1) is 12.3. The largest absolute Gasteiger partial charge is 0.353 e. The molecule has 0 aromatic heterocycles. The van der Waals surface area contributed by atoms with E-state index in [0.717, 1.165) is 32.5 Å². The molecule has 0 aromatic rings. The maximum atomic E-state index is 5.57. The van der Waals surface area contributed by atoms with E-state index in [1.54, 1.807) is 0 Å². The van der Waals surface area contributed by atoms with E-state index in [0.29, 0.717) is 0 Å². The predicted molar refractivity (Wildman–Crippen MR) is 61.4 cm³/mol. The Bertz CT molecular complexity index is 229. The van der Waals surface area contributed by atoms with E-state index in [-0.39, 0.29) is 6.29 Å². The van der Waals surface area contributed by atoms with Crippen molar-refractivity contribution in [2.75, 3.05) is 13.2 Å². The van der Waals surface area contributed by atoms with Gasteiger partial charge in [-0.3, -0.25) is 0 Å². The van der Waals surface area contributed by atoms with Crippen molar-refractivity contribution in [2.24, 2.45) is 0 Å². The van der Waals surface area contributed by atoms with Gasteiger partial charge in [0.05, 0.1) is 6.61 Å². The van der Waals surface area contributed by atoms with Crippen molar-refractivity contribution in [2.45, 2.75) is 45.3 Å². The molecule has 1 rings (SSSR count). The van der Waals surface area contributed by atoms with Crippen LogP contribution < -0.4 is 0 Å². The molecular formula is C13H20O2. The predicted octanol–water partition coefficient (Wildman–Crippen LogP) is 2.89. The second-order valence-corrected chi connectivity index (χ2v) is 3.53. The Morgan fingerprint density at radius 3 is 3.13 bits per heavy atom.